The number of carbonyl (C=O) groups excluding carboxylic acids is 1. The first kappa shape index (κ1) is 13.5. The molecule has 0 bridgehead atoms. The quantitative estimate of drug-likeness (QED) is 0.657. The third-order valence-electron chi connectivity index (χ3n) is 1.64. The maximum absolute atomic E-state index is 13.4. The summed E-state index contributed by atoms with van der Waals surface area (Å²) in [5.41, 5.74) is 4.69. The van der Waals surface area contributed by atoms with Crippen LogP contribution >= 0.6 is 0 Å². The van der Waals surface area contributed by atoms with Crippen molar-refractivity contribution in [3.63, 3.8) is 0 Å². The van der Waals surface area contributed by atoms with Crippen LogP contribution in [0.3, 0.4) is 0 Å². The zero-order valence-electron chi connectivity index (χ0n) is 8.91. The second kappa shape index (κ2) is 4.77. The molecule has 1 heterocycles. The molecule has 0 fully saturated rings. The number of amides is 2. The maximum atomic E-state index is 13.4. The second-order valence-corrected chi connectivity index (χ2v) is 5.06. The van der Waals surface area contributed by atoms with E-state index in [-0.39, 0.29) is 6.54 Å². The number of aliphatic hydroxyl groups excluding tert-OH is 1. The fourth-order valence-electron chi connectivity index (χ4n) is 1.12. The van der Waals surface area contributed by atoms with Crippen molar-refractivity contribution >= 4 is 15.9 Å². The SMILES string of the molecule is C[C@H](O)Cn1cc(F)c(S(N)(=O)=NC(N)=O)n1. The third-order valence-corrected chi connectivity index (χ3v) is 2.92. The number of carbonyl (C=O) groups is 1. The molecule has 1 aromatic heterocycles. The molecule has 1 aromatic rings. The Hall–Kier alpha value is -1.52. The summed E-state index contributed by atoms with van der Waals surface area (Å²) in [5, 5.41) is 17.1. The van der Waals surface area contributed by atoms with Crippen molar-refractivity contribution in [3.05, 3.63) is 12.0 Å². The molecule has 2 amide bonds. The molecular formula is C7H12FN5O3S. The van der Waals surface area contributed by atoms with E-state index < -0.39 is 32.9 Å². The lowest BCUT2D eigenvalue weighted by atomic mass is 10.4. The van der Waals surface area contributed by atoms with E-state index in [0.717, 1.165) is 10.9 Å². The summed E-state index contributed by atoms with van der Waals surface area (Å²) in [6.45, 7) is 1.45. The van der Waals surface area contributed by atoms with Gasteiger partial charge in [-0.15, -0.1) is 4.36 Å². The zero-order valence-corrected chi connectivity index (χ0v) is 9.72. The summed E-state index contributed by atoms with van der Waals surface area (Å²) >= 11 is 0. The van der Waals surface area contributed by atoms with Crippen LogP contribution in [0.15, 0.2) is 15.6 Å². The van der Waals surface area contributed by atoms with Crippen LogP contribution in [0.25, 0.3) is 0 Å². The van der Waals surface area contributed by atoms with E-state index in [4.69, 9.17) is 16.0 Å². The highest BCUT2D eigenvalue weighted by Gasteiger charge is 2.19. The molecule has 8 nitrogen and oxygen atoms in total. The number of hydrogen-bond donors (Lipinski definition) is 3. The molecule has 2 atom stereocenters. The number of urea groups is 1. The van der Waals surface area contributed by atoms with Crippen LogP contribution in [0.5, 0.6) is 0 Å². The van der Waals surface area contributed by atoms with Gasteiger partial charge in [0, 0.05) is 0 Å². The standard InChI is InChI=1S/C7H12FN5O3S/c1-4(14)2-13-3-5(8)6(11-13)17(10,16)12-7(9)15/h3-4,14H,2H2,1H3,(H4,9,10,12,15,16)/t4-,17?/m0/s1. The minimum absolute atomic E-state index is 0.0109. The number of rotatable bonds is 3. The van der Waals surface area contributed by atoms with E-state index in [0.29, 0.717) is 0 Å². The summed E-state index contributed by atoms with van der Waals surface area (Å²) in [5.74, 6) is -0.983. The van der Waals surface area contributed by atoms with Gasteiger partial charge in [-0.2, -0.15) is 5.10 Å². The van der Waals surface area contributed by atoms with E-state index in [2.05, 4.69) is 9.46 Å². The lowest BCUT2D eigenvalue weighted by molar-refractivity contribution is 0.168. The average molecular weight is 265 g/mol. The Morgan fingerprint density at radius 3 is 2.88 bits per heavy atom. The van der Waals surface area contributed by atoms with Crippen molar-refractivity contribution in [2.75, 3.05) is 0 Å². The molecule has 0 aliphatic rings. The largest absolute Gasteiger partial charge is 0.391 e. The van der Waals surface area contributed by atoms with Gasteiger partial charge in [-0.05, 0) is 6.92 Å². The van der Waals surface area contributed by atoms with Crippen LogP contribution < -0.4 is 10.9 Å². The van der Waals surface area contributed by atoms with Gasteiger partial charge in [-0.3, -0.25) is 4.68 Å². The Balaban J connectivity index is 3.20. The number of aromatic nitrogens is 2. The Morgan fingerprint density at radius 1 is 1.82 bits per heavy atom. The number of aliphatic hydroxyl groups is 1. The molecule has 10 heteroatoms. The maximum Gasteiger partial charge on any atom is 0.347 e. The van der Waals surface area contributed by atoms with Gasteiger partial charge < -0.3 is 10.8 Å². The van der Waals surface area contributed by atoms with Crippen LogP contribution in [0.1, 0.15) is 6.92 Å². The smallest absolute Gasteiger partial charge is 0.347 e. The zero-order chi connectivity index (χ0) is 13.2. The number of hydrogen-bond acceptors (Lipinski definition) is 4. The van der Waals surface area contributed by atoms with Gasteiger partial charge in [0.25, 0.3) is 0 Å². The Kier molecular flexibility index (Phi) is 3.80. The predicted octanol–water partition coefficient (Wildman–Crippen LogP) is -0.818. The summed E-state index contributed by atoms with van der Waals surface area (Å²) < 4.78 is 28.9. The number of halogens is 1. The van der Waals surface area contributed by atoms with Crippen LogP contribution in [0.2, 0.25) is 0 Å². The Labute approximate surface area is 96.7 Å². The van der Waals surface area contributed by atoms with Gasteiger partial charge in [0.05, 0.1) is 18.8 Å². The number of nitrogens with two attached hydrogens (primary N) is 2. The normalized spacial score (nSPS) is 16.2. The minimum atomic E-state index is -3.79. The van der Waals surface area contributed by atoms with Crippen molar-refractivity contribution in [1.29, 1.82) is 0 Å². The molecule has 0 saturated heterocycles. The minimum Gasteiger partial charge on any atom is -0.391 e. The van der Waals surface area contributed by atoms with E-state index in [1.807, 2.05) is 0 Å². The molecule has 5 N–H and O–H groups in total. The molecule has 0 aromatic carbocycles. The molecule has 96 valence electrons. The molecule has 0 aliphatic carbocycles. The summed E-state index contributed by atoms with van der Waals surface area (Å²) in [6, 6.07) is -1.28. The fourth-order valence-corrected chi connectivity index (χ4v) is 2.03. The Morgan fingerprint density at radius 2 is 2.41 bits per heavy atom. The molecule has 0 saturated carbocycles. The van der Waals surface area contributed by atoms with Crippen LogP contribution in [0.4, 0.5) is 9.18 Å². The topological polar surface area (TPSA) is 137 Å². The second-order valence-electron chi connectivity index (χ2n) is 3.35. The van der Waals surface area contributed by atoms with E-state index >= 15 is 0 Å². The highest BCUT2D eigenvalue weighted by Crippen LogP contribution is 2.12. The first-order valence-corrected chi connectivity index (χ1v) is 6.05. The first-order chi connectivity index (χ1) is 7.72. The van der Waals surface area contributed by atoms with Gasteiger partial charge >= 0.3 is 6.03 Å². The summed E-state index contributed by atoms with van der Waals surface area (Å²) in [7, 11) is -3.79. The highest BCUT2D eigenvalue weighted by molar-refractivity contribution is 7.91. The van der Waals surface area contributed by atoms with Gasteiger partial charge in [0.2, 0.25) is 5.03 Å². The molecular weight excluding hydrogens is 253 g/mol. The Bertz CT molecular complexity index is 546. The predicted molar refractivity (Wildman–Crippen MR) is 56.5 cm³/mol. The molecule has 1 unspecified atom stereocenters. The molecule has 0 spiro atoms. The van der Waals surface area contributed by atoms with Crippen molar-refractivity contribution in [1.82, 2.24) is 9.78 Å². The third kappa shape index (κ3) is 3.47. The van der Waals surface area contributed by atoms with Gasteiger partial charge in [-0.25, -0.2) is 18.5 Å². The van der Waals surface area contributed by atoms with Crippen molar-refractivity contribution in [2.45, 2.75) is 24.6 Å². The highest BCUT2D eigenvalue weighted by atomic mass is 32.2. The lowest BCUT2D eigenvalue weighted by Crippen LogP contribution is -2.20. The van der Waals surface area contributed by atoms with Crippen molar-refractivity contribution in [3.8, 4) is 0 Å². The molecule has 0 radical (unpaired) electrons. The van der Waals surface area contributed by atoms with Crippen LogP contribution in [-0.4, -0.2) is 31.2 Å². The lowest BCUT2D eigenvalue weighted by Gasteiger charge is -2.03. The van der Waals surface area contributed by atoms with Gasteiger partial charge in [-0.1, -0.05) is 0 Å². The van der Waals surface area contributed by atoms with E-state index in [1.165, 1.54) is 6.92 Å². The fraction of sp³-hybridized carbons (Fsp3) is 0.429. The number of nitrogens with zero attached hydrogens (tertiary/aromatic N) is 3. The molecule has 0 aliphatic heterocycles. The summed E-state index contributed by atoms with van der Waals surface area (Å²) in [6.07, 6.45) is 0.120. The van der Waals surface area contributed by atoms with Crippen LogP contribution in [0, 0.1) is 5.82 Å². The van der Waals surface area contributed by atoms with E-state index in [1.54, 1.807) is 0 Å². The van der Waals surface area contributed by atoms with Gasteiger partial charge in [0.1, 0.15) is 0 Å². The average Bonchev–Trinajstić information content (AvgIpc) is 2.43. The number of primary amides is 1. The van der Waals surface area contributed by atoms with E-state index in [9.17, 15) is 13.4 Å². The molecule has 17 heavy (non-hydrogen) atoms. The van der Waals surface area contributed by atoms with Crippen LogP contribution in [-0.2, 0) is 16.5 Å². The monoisotopic (exact) mass is 265 g/mol. The molecule has 1 rings (SSSR count). The first-order valence-electron chi connectivity index (χ1n) is 4.47. The van der Waals surface area contributed by atoms with Gasteiger partial charge in [0.15, 0.2) is 15.7 Å². The van der Waals surface area contributed by atoms with Crippen molar-refractivity contribution in [2.24, 2.45) is 15.2 Å². The summed E-state index contributed by atoms with van der Waals surface area (Å²) in [4.78, 5) is 10.5. The van der Waals surface area contributed by atoms with Crippen molar-refractivity contribution < 1.29 is 18.5 Å².